The molecule has 1 aromatic carbocycles. The lowest BCUT2D eigenvalue weighted by Crippen LogP contribution is -2.58. The number of hydrazone groups is 1. The van der Waals surface area contributed by atoms with Crippen molar-refractivity contribution in [2.45, 2.75) is 25.5 Å². The summed E-state index contributed by atoms with van der Waals surface area (Å²) in [5, 5.41) is 9.64. The Morgan fingerprint density at radius 3 is 2.53 bits per heavy atom. The quantitative estimate of drug-likeness (QED) is 0.581. The largest absolute Gasteiger partial charge is 0.483 e. The minimum atomic E-state index is -0.716. The van der Waals surface area contributed by atoms with Gasteiger partial charge in [-0.25, -0.2) is 23.0 Å². The number of benzene rings is 1. The highest BCUT2D eigenvalue weighted by Gasteiger charge is 2.39. The van der Waals surface area contributed by atoms with Crippen molar-refractivity contribution in [3.05, 3.63) is 65.2 Å². The van der Waals surface area contributed by atoms with Crippen LogP contribution >= 0.6 is 0 Å². The van der Waals surface area contributed by atoms with Crippen LogP contribution in [0.4, 0.5) is 18.0 Å². The number of carbonyl (C=O) groups is 1. The van der Waals surface area contributed by atoms with E-state index in [-0.39, 0.29) is 18.8 Å². The summed E-state index contributed by atoms with van der Waals surface area (Å²) in [4.78, 5) is 18.5. The number of pyridine rings is 1. The van der Waals surface area contributed by atoms with E-state index in [9.17, 15) is 18.0 Å². The van der Waals surface area contributed by atoms with Gasteiger partial charge in [-0.1, -0.05) is 0 Å². The van der Waals surface area contributed by atoms with Crippen LogP contribution in [0.15, 0.2) is 41.8 Å². The molecule has 8 nitrogen and oxygen atoms in total. The smallest absolute Gasteiger partial charge is 0.341 e. The number of amides is 2. The molecule has 0 aliphatic carbocycles. The number of nitrogens with zero attached hydrogens (tertiary/aromatic N) is 6. The maximum atomic E-state index is 14.3. The van der Waals surface area contributed by atoms with Crippen LogP contribution in [0.1, 0.15) is 23.6 Å². The van der Waals surface area contributed by atoms with Crippen molar-refractivity contribution in [3.8, 4) is 17.1 Å². The maximum Gasteiger partial charge on any atom is 0.341 e. The number of urea groups is 1. The number of ether oxygens (including phenoxy) is 1. The van der Waals surface area contributed by atoms with E-state index in [2.05, 4.69) is 15.2 Å². The Morgan fingerprint density at radius 1 is 1.12 bits per heavy atom. The molecule has 1 fully saturated rings. The van der Waals surface area contributed by atoms with Gasteiger partial charge in [-0.15, -0.1) is 0 Å². The van der Waals surface area contributed by atoms with E-state index in [4.69, 9.17) is 4.74 Å². The number of carbonyl (C=O) groups excluding carboxylic acids is 1. The van der Waals surface area contributed by atoms with E-state index >= 15 is 0 Å². The molecule has 1 saturated heterocycles. The summed E-state index contributed by atoms with van der Waals surface area (Å²) in [5.74, 6) is -2.02. The van der Waals surface area contributed by atoms with E-state index in [1.54, 1.807) is 11.7 Å². The second kappa shape index (κ2) is 8.47. The molecule has 0 bridgehead atoms. The van der Waals surface area contributed by atoms with Crippen molar-refractivity contribution < 1.29 is 22.7 Å². The fourth-order valence-corrected chi connectivity index (χ4v) is 4.14. The summed E-state index contributed by atoms with van der Waals surface area (Å²) >= 11 is 0. The number of halogens is 3. The Kier molecular flexibility index (Phi) is 5.46. The summed E-state index contributed by atoms with van der Waals surface area (Å²) in [6.07, 6.45) is 4.38. The molecule has 2 aliphatic rings. The van der Waals surface area contributed by atoms with Gasteiger partial charge in [-0.3, -0.25) is 9.67 Å². The number of aryl methyl sites for hydroxylation is 2. The van der Waals surface area contributed by atoms with E-state index in [1.165, 1.54) is 34.3 Å². The Bertz CT molecular complexity index is 1270. The minimum absolute atomic E-state index is 0.0273. The molecular weight excluding hydrogens is 449 g/mol. The van der Waals surface area contributed by atoms with E-state index in [1.807, 2.05) is 13.1 Å². The molecule has 2 aromatic heterocycles. The topological polar surface area (TPSA) is 75.8 Å². The van der Waals surface area contributed by atoms with Crippen molar-refractivity contribution >= 4 is 12.2 Å². The molecule has 0 spiro atoms. The molecule has 5 rings (SSSR count). The van der Waals surface area contributed by atoms with E-state index in [0.717, 1.165) is 17.8 Å². The van der Waals surface area contributed by atoms with Gasteiger partial charge >= 0.3 is 6.03 Å². The van der Waals surface area contributed by atoms with Gasteiger partial charge < -0.3 is 9.64 Å². The molecule has 0 N–H and O–H groups in total. The van der Waals surface area contributed by atoms with Crippen LogP contribution in [0.2, 0.25) is 0 Å². The Hall–Kier alpha value is -3.89. The zero-order valence-corrected chi connectivity index (χ0v) is 18.5. The normalized spacial score (nSPS) is 17.9. The number of hydrogen-bond donors (Lipinski definition) is 0. The summed E-state index contributed by atoms with van der Waals surface area (Å²) in [6.45, 7) is 2.32. The summed E-state index contributed by atoms with van der Waals surface area (Å²) < 4.78 is 49.1. The first kappa shape index (κ1) is 21.9. The summed E-state index contributed by atoms with van der Waals surface area (Å²) in [5.41, 5.74) is 2.34. The zero-order valence-electron chi connectivity index (χ0n) is 18.5. The molecule has 2 aliphatic heterocycles. The van der Waals surface area contributed by atoms with Crippen LogP contribution in [0.3, 0.4) is 0 Å². The molecular formula is C23H21F3N6O2. The second-order valence-electron chi connectivity index (χ2n) is 8.36. The van der Waals surface area contributed by atoms with Gasteiger partial charge in [0.15, 0.2) is 11.6 Å². The van der Waals surface area contributed by atoms with Crippen LogP contribution in [0.5, 0.6) is 5.75 Å². The number of likely N-dealkylation sites (tertiary alicyclic amines) is 1. The molecule has 176 valence electrons. The zero-order chi connectivity index (χ0) is 24.0. The lowest BCUT2D eigenvalue weighted by atomic mass is 10.0. The molecule has 3 aromatic rings. The lowest BCUT2D eigenvalue weighted by molar-refractivity contribution is 0.0256. The molecule has 4 heterocycles. The third-order valence-corrected chi connectivity index (χ3v) is 5.78. The van der Waals surface area contributed by atoms with Gasteiger partial charge in [0.2, 0.25) is 0 Å². The van der Waals surface area contributed by atoms with Crippen molar-refractivity contribution in [1.29, 1.82) is 0 Å². The third-order valence-electron chi connectivity index (χ3n) is 5.78. The van der Waals surface area contributed by atoms with Crippen molar-refractivity contribution in [2.24, 2.45) is 12.1 Å². The third kappa shape index (κ3) is 4.09. The molecule has 11 heteroatoms. The number of hydrogen-bond acceptors (Lipinski definition) is 5. The fourth-order valence-electron chi connectivity index (χ4n) is 4.14. The van der Waals surface area contributed by atoms with Gasteiger partial charge in [-0.2, -0.15) is 10.2 Å². The van der Waals surface area contributed by atoms with Crippen LogP contribution in [-0.4, -0.2) is 56.1 Å². The lowest BCUT2D eigenvalue weighted by Gasteiger charge is -2.41. The highest BCUT2D eigenvalue weighted by Crippen LogP contribution is 2.32. The molecule has 0 saturated carbocycles. The van der Waals surface area contributed by atoms with Gasteiger partial charge in [0, 0.05) is 38.0 Å². The molecule has 2 amide bonds. The molecule has 34 heavy (non-hydrogen) atoms. The van der Waals surface area contributed by atoms with Gasteiger partial charge in [0.05, 0.1) is 31.0 Å². The average Bonchev–Trinajstić information content (AvgIpc) is 3.37. The fraction of sp³-hybridized carbons (Fsp3) is 0.304. The van der Waals surface area contributed by atoms with E-state index < -0.39 is 35.6 Å². The first-order chi connectivity index (χ1) is 16.3. The van der Waals surface area contributed by atoms with E-state index in [0.29, 0.717) is 23.4 Å². The number of aromatic nitrogens is 3. The van der Waals surface area contributed by atoms with Crippen LogP contribution in [-0.2, 0) is 7.05 Å². The standard InChI is InChI=1S/C23H21F3N6O2/c1-13-10-30(2)29-22(13)19-8-21(18(26)9-27-19)34-17-11-31(12-17)23(33)32-20(3-4-28-32)14-5-15(24)7-16(25)6-14/h4-10,17,20H,3,11-12H2,1-2H3/t20-/m0/s1. The first-order valence-corrected chi connectivity index (χ1v) is 10.7. The van der Waals surface area contributed by atoms with Gasteiger partial charge in [0.25, 0.3) is 0 Å². The second-order valence-corrected chi connectivity index (χ2v) is 8.36. The van der Waals surface area contributed by atoms with Crippen LogP contribution < -0.4 is 4.74 Å². The highest BCUT2D eigenvalue weighted by atomic mass is 19.1. The van der Waals surface area contributed by atoms with Crippen LogP contribution in [0, 0.1) is 24.4 Å². The summed E-state index contributed by atoms with van der Waals surface area (Å²) in [6, 6.07) is 3.65. The minimum Gasteiger partial charge on any atom is -0.483 e. The van der Waals surface area contributed by atoms with Crippen molar-refractivity contribution in [1.82, 2.24) is 24.7 Å². The predicted molar refractivity (Wildman–Crippen MR) is 117 cm³/mol. The molecule has 0 radical (unpaired) electrons. The Morgan fingerprint density at radius 2 is 1.85 bits per heavy atom. The highest BCUT2D eigenvalue weighted by molar-refractivity contribution is 5.79. The molecule has 1 atom stereocenters. The maximum absolute atomic E-state index is 14.3. The average molecular weight is 470 g/mol. The van der Waals surface area contributed by atoms with Crippen LogP contribution in [0.25, 0.3) is 11.4 Å². The van der Waals surface area contributed by atoms with Gasteiger partial charge in [-0.05, 0) is 30.2 Å². The summed E-state index contributed by atoms with van der Waals surface area (Å²) in [7, 11) is 1.79. The number of rotatable bonds is 4. The predicted octanol–water partition coefficient (Wildman–Crippen LogP) is 3.82. The van der Waals surface area contributed by atoms with Gasteiger partial charge in [0.1, 0.15) is 23.4 Å². The van der Waals surface area contributed by atoms with Crippen molar-refractivity contribution in [3.63, 3.8) is 0 Å². The Balaban J connectivity index is 1.24. The Labute approximate surface area is 193 Å². The molecule has 0 unspecified atom stereocenters. The first-order valence-electron chi connectivity index (χ1n) is 10.7. The van der Waals surface area contributed by atoms with Crippen molar-refractivity contribution in [2.75, 3.05) is 13.1 Å². The SMILES string of the molecule is Cc1cn(C)nc1-c1cc(OC2CN(C(=O)N3N=CC[C@H]3c3cc(F)cc(F)c3)C2)c(F)cn1. The monoisotopic (exact) mass is 470 g/mol.